The average Bonchev–Trinajstić information content (AvgIpc) is 2.37. The van der Waals surface area contributed by atoms with Crippen molar-refractivity contribution in [2.24, 2.45) is 0 Å². The van der Waals surface area contributed by atoms with Crippen molar-refractivity contribution >= 4 is 17.3 Å². The van der Waals surface area contributed by atoms with Crippen LogP contribution in [0.4, 0.5) is 10.1 Å². The first-order valence-electron chi connectivity index (χ1n) is 5.62. The minimum atomic E-state index is -0.240. The van der Waals surface area contributed by atoms with E-state index in [2.05, 4.69) is 5.32 Å². The fourth-order valence-electron chi connectivity index (χ4n) is 1.49. The number of hydrogen-bond acceptors (Lipinski definition) is 2. The maximum atomic E-state index is 12.7. The molecule has 0 bridgehead atoms. The molecule has 0 unspecified atom stereocenters. The Labute approximate surface area is 110 Å². The van der Waals surface area contributed by atoms with Crippen LogP contribution in [0.5, 0.6) is 5.75 Å². The van der Waals surface area contributed by atoms with Crippen LogP contribution >= 0.6 is 11.6 Å². The normalized spacial score (nSPS) is 10.1. The highest BCUT2D eigenvalue weighted by atomic mass is 35.5. The van der Waals surface area contributed by atoms with Crippen molar-refractivity contribution < 1.29 is 9.13 Å². The number of rotatable bonds is 5. The molecule has 2 nitrogen and oxygen atoms in total. The first-order valence-corrected chi connectivity index (χ1v) is 6.00. The van der Waals surface area contributed by atoms with E-state index in [1.54, 1.807) is 24.3 Å². The van der Waals surface area contributed by atoms with Crippen LogP contribution in [0.1, 0.15) is 0 Å². The average molecular weight is 266 g/mol. The highest BCUT2D eigenvalue weighted by molar-refractivity contribution is 6.30. The lowest BCUT2D eigenvalue weighted by molar-refractivity contribution is 0.333. The number of nitrogens with one attached hydrogen (secondary N) is 1. The Morgan fingerprint density at radius 3 is 2.61 bits per heavy atom. The lowest BCUT2D eigenvalue weighted by Gasteiger charge is -2.08. The number of anilines is 1. The fraction of sp³-hybridized carbons (Fsp3) is 0.143. The van der Waals surface area contributed by atoms with E-state index in [9.17, 15) is 4.39 Å². The molecule has 0 aliphatic carbocycles. The van der Waals surface area contributed by atoms with Gasteiger partial charge in [-0.2, -0.15) is 0 Å². The Hall–Kier alpha value is -1.74. The van der Waals surface area contributed by atoms with Gasteiger partial charge in [-0.15, -0.1) is 0 Å². The Balaban J connectivity index is 1.74. The number of ether oxygens (including phenoxy) is 1. The van der Waals surface area contributed by atoms with E-state index >= 15 is 0 Å². The lowest BCUT2D eigenvalue weighted by Crippen LogP contribution is -2.11. The standard InChI is InChI=1S/C14H13ClFNO/c15-11-2-1-3-14(10-11)18-9-8-17-13-6-4-12(16)5-7-13/h1-7,10,17H,8-9H2. The van der Waals surface area contributed by atoms with Gasteiger partial charge in [0, 0.05) is 17.3 Å². The molecule has 2 aromatic rings. The Morgan fingerprint density at radius 1 is 1.11 bits per heavy atom. The van der Waals surface area contributed by atoms with Crippen molar-refractivity contribution in [3.05, 3.63) is 59.4 Å². The largest absolute Gasteiger partial charge is 0.492 e. The molecule has 0 fully saturated rings. The van der Waals surface area contributed by atoms with Crippen molar-refractivity contribution in [1.82, 2.24) is 0 Å². The number of halogens is 2. The zero-order chi connectivity index (χ0) is 12.8. The van der Waals surface area contributed by atoms with Gasteiger partial charge in [0.1, 0.15) is 18.2 Å². The summed E-state index contributed by atoms with van der Waals surface area (Å²) in [5, 5.41) is 3.78. The second-order valence-electron chi connectivity index (χ2n) is 3.74. The molecule has 0 saturated heterocycles. The number of benzene rings is 2. The Kier molecular flexibility index (Phi) is 4.42. The van der Waals surface area contributed by atoms with Crippen LogP contribution in [0.2, 0.25) is 5.02 Å². The predicted molar refractivity (Wildman–Crippen MR) is 71.8 cm³/mol. The first kappa shape index (κ1) is 12.7. The maximum absolute atomic E-state index is 12.7. The molecule has 4 heteroatoms. The van der Waals surface area contributed by atoms with Gasteiger partial charge < -0.3 is 10.1 Å². The lowest BCUT2D eigenvalue weighted by atomic mass is 10.3. The topological polar surface area (TPSA) is 21.3 Å². The molecule has 0 saturated carbocycles. The highest BCUT2D eigenvalue weighted by Crippen LogP contribution is 2.16. The van der Waals surface area contributed by atoms with Crippen LogP contribution in [0, 0.1) is 5.82 Å². The van der Waals surface area contributed by atoms with E-state index in [0.29, 0.717) is 18.2 Å². The molecule has 1 N–H and O–H groups in total. The SMILES string of the molecule is Fc1ccc(NCCOc2cccc(Cl)c2)cc1. The van der Waals surface area contributed by atoms with Crippen LogP contribution in [0.3, 0.4) is 0 Å². The van der Waals surface area contributed by atoms with E-state index < -0.39 is 0 Å². The third-order valence-electron chi connectivity index (χ3n) is 2.34. The minimum Gasteiger partial charge on any atom is -0.492 e. The van der Waals surface area contributed by atoms with Crippen molar-refractivity contribution in [2.45, 2.75) is 0 Å². The molecule has 0 atom stereocenters. The zero-order valence-corrected chi connectivity index (χ0v) is 10.5. The van der Waals surface area contributed by atoms with Gasteiger partial charge in [0.15, 0.2) is 0 Å². The van der Waals surface area contributed by atoms with Crippen LogP contribution in [0.25, 0.3) is 0 Å². The molecule has 94 valence electrons. The predicted octanol–water partition coefficient (Wildman–Crippen LogP) is 3.97. The molecule has 0 aliphatic rings. The van der Waals surface area contributed by atoms with Crippen molar-refractivity contribution in [2.75, 3.05) is 18.5 Å². The van der Waals surface area contributed by atoms with E-state index in [1.807, 2.05) is 12.1 Å². The van der Waals surface area contributed by atoms with Crippen LogP contribution < -0.4 is 10.1 Å². The zero-order valence-electron chi connectivity index (χ0n) is 9.70. The summed E-state index contributed by atoms with van der Waals surface area (Å²) >= 11 is 5.84. The van der Waals surface area contributed by atoms with Crippen LogP contribution in [-0.4, -0.2) is 13.2 Å². The summed E-state index contributed by atoms with van der Waals surface area (Å²) in [7, 11) is 0. The summed E-state index contributed by atoms with van der Waals surface area (Å²) in [5.74, 6) is 0.499. The van der Waals surface area contributed by atoms with Gasteiger partial charge in [-0.05, 0) is 42.5 Å². The molecule has 2 rings (SSSR count). The molecular formula is C14H13ClFNO. The van der Waals surface area contributed by atoms with Crippen molar-refractivity contribution in [1.29, 1.82) is 0 Å². The molecule has 0 radical (unpaired) electrons. The summed E-state index contributed by atoms with van der Waals surface area (Å²) in [6.45, 7) is 1.15. The van der Waals surface area contributed by atoms with Gasteiger partial charge in [-0.25, -0.2) is 4.39 Å². The maximum Gasteiger partial charge on any atom is 0.123 e. The van der Waals surface area contributed by atoms with Gasteiger partial charge >= 0.3 is 0 Å². The smallest absolute Gasteiger partial charge is 0.123 e. The molecule has 0 aliphatic heterocycles. The second-order valence-corrected chi connectivity index (χ2v) is 4.18. The second kappa shape index (κ2) is 6.26. The molecule has 2 aromatic carbocycles. The summed E-state index contributed by atoms with van der Waals surface area (Å²) in [5.41, 5.74) is 0.867. The molecule has 18 heavy (non-hydrogen) atoms. The first-order chi connectivity index (χ1) is 8.74. The summed E-state index contributed by atoms with van der Waals surface area (Å²) in [4.78, 5) is 0. The molecule has 0 amide bonds. The quantitative estimate of drug-likeness (QED) is 0.826. The third-order valence-corrected chi connectivity index (χ3v) is 2.58. The summed E-state index contributed by atoms with van der Waals surface area (Å²) in [6, 6.07) is 13.5. The molecular weight excluding hydrogens is 253 g/mol. The van der Waals surface area contributed by atoms with E-state index in [4.69, 9.17) is 16.3 Å². The van der Waals surface area contributed by atoms with Gasteiger partial charge in [0.2, 0.25) is 0 Å². The van der Waals surface area contributed by atoms with Gasteiger partial charge in [-0.3, -0.25) is 0 Å². The van der Waals surface area contributed by atoms with Gasteiger partial charge in [0.25, 0.3) is 0 Å². The van der Waals surface area contributed by atoms with Gasteiger partial charge in [-0.1, -0.05) is 17.7 Å². The van der Waals surface area contributed by atoms with Crippen LogP contribution in [0.15, 0.2) is 48.5 Å². The highest BCUT2D eigenvalue weighted by Gasteiger charge is 1.96. The Bertz CT molecular complexity index is 501. The van der Waals surface area contributed by atoms with E-state index in [1.165, 1.54) is 12.1 Å². The van der Waals surface area contributed by atoms with Crippen LogP contribution in [-0.2, 0) is 0 Å². The van der Waals surface area contributed by atoms with Crippen molar-refractivity contribution in [3.63, 3.8) is 0 Å². The fourth-order valence-corrected chi connectivity index (χ4v) is 1.67. The summed E-state index contributed by atoms with van der Waals surface area (Å²) in [6.07, 6.45) is 0. The summed E-state index contributed by atoms with van der Waals surface area (Å²) < 4.78 is 18.2. The minimum absolute atomic E-state index is 0.240. The van der Waals surface area contributed by atoms with E-state index in [-0.39, 0.29) is 5.82 Å². The number of hydrogen-bond donors (Lipinski definition) is 1. The third kappa shape index (κ3) is 3.93. The monoisotopic (exact) mass is 265 g/mol. The van der Waals surface area contributed by atoms with Gasteiger partial charge in [0.05, 0.1) is 0 Å². The molecule has 0 aromatic heterocycles. The van der Waals surface area contributed by atoms with Crippen molar-refractivity contribution in [3.8, 4) is 5.75 Å². The molecule has 0 spiro atoms. The molecule has 0 heterocycles. The Morgan fingerprint density at radius 2 is 1.89 bits per heavy atom. The van der Waals surface area contributed by atoms with E-state index in [0.717, 1.165) is 11.4 Å².